The Kier molecular flexibility index (Phi) is 8.69. The van der Waals surface area contributed by atoms with E-state index in [-0.39, 0.29) is 29.6 Å². The van der Waals surface area contributed by atoms with Gasteiger partial charge in [0.25, 0.3) is 6.11 Å². The summed E-state index contributed by atoms with van der Waals surface area (Å²) in [6.07, 6.45) is -15.8. The van der Waals surface area contributed by atoms with Crippen LogP contribution in [0.4, 0.5) is 92.2 Å². The molecule has 23 heteroatoms. The van der Waals surface area contributed by atoms with Crippen LogP contribution in [0.3, 0.4) is 0 Å². The van der Waals surface area contributed by atoms with E-state index in [9.17, 15) is 97.3 Å². The summed E-state index contributed by atoms with van der Waals surface area (Å²) in [5, 5.41) is 9.57. The van der Waals surface area contributed by atoms with E-state index in [4.69, 9.17) is 0 Å². The molecule has 0 spiro atoms. The average molecular weight is 558 g/mol. The topological polar surface area (TPSA) is 23.1 Å². The van der Waals surface area contributed by atoms with Crippen LogP contribution in [0.15, 0.2) is 0 Å². The second-order valence-corrected chi connectivity index (χ2v) is 5.61. The third-order valence-corrected chi connectivity index (χ3v) is 3.48. The van der Waals surface area contributed by atoms with Gasteiger partial charge in [-0.2, -0.15) is 83.4 Å². The molecule has 0 aromatic heterocycles. The zero-order valence-electron chi connectivity index (χ0n) is 14.3. The van der Waals surface area contributed by atoms with E-state index in [2.05, 4.69) is 0 Å². The van der Waals surface area contributed by atoms with Gasteiger partial charge in [0.05, 0.1) is 0 Å². The SMILES string of the molecule is [Na+].[O-]C(F)(F)C(F)(F)C(F)(F)C(F)(F)C(F)(F)C(F)(F)C(F)(F)C(F)(F)C(F)(F)C(F)(F)F. The molecule has 0 aromatic carbocycles. The molecule has 0 unspecified atom stereocenters. The number of hydrogen-bond acceptors (Lipinski definition) is 1. The molecule has 0 bridgehead atoms. The third kappa shape index (κ3) is 4.23. The van der Waals surface area contributed by atoms with Gasteiger partial charge in [0.1, 0.15) is 0 Å². The summed E-state index contributed by atoms with van der Waals surface area (Å²) in [6, 6.07) is 0. The molecule has 0 saturated carbocycles. The quantitative estimate of drug-likeness (QED) is 0.332. The van der Waals surface area contributed by atoms with E-state index in [1.165, 1.54) is 0 Å². The third-order valence-electron chi connectivity index (χ3n) is 3.48. The van der Waals surface area contributed by atoms with E-state index >= 15 is 0 Å². The summed E-state index contributed by atoms with van der Waals surface area (Å²) < 4.78 is 265. The van der Waals surface area contributed by atoms with E-state index in [1.54, 1.807) is 0 Å². The van der Waals surface area contributed by atoms with Gasteiger partial charge in [-0.1, -0.05) is 0 Å². The predicted octanol–water partition coefficient (Wildman–Crippen LogP) is 2.59. The van der Waals surface area contributed by atoms with Gasteiger partial charge in [-0.25, -0.2) is 8.78 Å². The predicted molar refractivity (Wildman–Crippen MR) is 50.6 cm³/mol. The second kappa shape index (κ2) is 8.27. The molecule has 0 saturated heterocycles. The Hall–Kier alpha value is -0.510. The van der Waals surface area contributed by atoms with Crippen LogP contribution >= 0.6 is 0 Å². The van der Waals surface area contributed by atoms with Gasteiger partial charge >= 0.3 is 83.1 Å². The maximum atomic E-state index is 13.1. The van der Waals surface area contributed by atoms with Crippen molar-refractivity contribution in [1.82, 2.24) is 0 Å². The summed E-state index contributed by atoms with van der Waals surface area (Å²) in [6.45, 7) is 0. The van der Waals surface area contributed by atoms with Crippen LogP contribution in [0, 0.1) is 0 Å². The van der Waals surface area contributed by atoms with Crippen LogP contribution in [0.25, 0.3) is 0 Å². The number of hydrogen-bond donors (Lipinski definition) is 0. The summed E-state index contributed by atoms with van der Waals surface area (Å²) in [4.78, 5) is 0. The number of alkyl halides is 21. The van der Waals surface area contributed by atoms with Gasteiger partial charge in [0.15, 0.2) is 0 Å². The maximum absolute atomic E-state index is 13.1. The minimum absolute atomic E-state index is 0. The smallest absolute Gasteiger partial charge is 0.793 e. The first-order valence-electron chi connectivity index (χ1n) is 6.42. The molecule has 0 atom stereocenters. The molecule has 0 radical (unpaired) electrons. The first-order valence-corrected chi connectivity index (χ1v) is 6.42. The summed E-state index contributed by atoms with van der Waals surface area (Å²) in [5.74, 6) is -71.2. The Labute approximate surface area is 187 Å². The van der Waals surface area contributed by atoms with Gasteiger partial charge < -0.3 is 5.11 Å². The van der Waals surface area contributed by atoms with Crippen molar-refractivity contribution < 1.29 is 127 Å². The van der Waals surface area contributed by atoms with Gasteiger partial charge in [-0.15, -0.1) is 0 Å². The van der Waals surface area contributed by atoms with Crippen molar-refractivity contribution in [1.29, 1.82) is 0 Å². The molecular weight excluding hydrogens is 558 g/mol. The Balaban J connectivity index is 0. The first kappa shape index (κ1) is 34.7. The van der Waals surface area contributed by atoms with Crippen molar-refractivity contribution in [2.75, 3.05) is 0 Å². The molecule has 0 amide bonds. The monoisotopic (exact) mass is 558 g/mol. The van der Waals surface area contributed by atoms with Crippen LogP contribution in [0.2, 0.25) is 0 Å². The second-order valence-electron chi connectivity index (χ2n) is 5.61. The first-order chi connectivity index (χ1) is 13.2. The van der Waals surface area contributed by atoms with Crippen molar-refractivity contribution in [2.24, 2.45) is 0 Å². The molecule has 0 aliphatic rings. The number of halogens is 21. The Morgan fingerprint density at radius 1 is 0.273 bits per heavy atom. The minimum atomic E-state index is -9.22. The zero-order valence-corrected chi connectivity index (χ0v) is 16.3. The Morgan fingerprint density at radius 2 is 0.424 bits per heavy atom. The molecule has 0 heterocycles. The normalized spacial score (nSPS) is 16.5. The molecule has 0 aliphatic carbocycles. The number of rotatable bonds is 8. The van der Waals surface area contributed by atoms with Gasteiger partial charge in [0.2, 0.25) is 0 Å². The molecule has 0 N–H and O–H groups in total. The fraction of sp³-hybridized carbons (Fsp3) is 1.00. The largest absolute Gasteiger partial charge is 1.00 e. The molecule has 0 rings (SSSR count). The molecule has 0 aromatic rings. The molecule has 0 fully saturated rings. The van der Waals surface area contributed by atoms with Crippen molar-refractivity contribution >= 4 is 0 Å². The van der Waals surface area contributed by atoms with Crippen LogP contribution in [0.5, 0.6) is 0 Å². The summed E-state index contributed by atoms with van der Waals surface area (Å²) >= 11 is 0. The van der Waals surface area contributed by atoms with E-state index < -0.39 is 59.7 Å². The van der Waals surface area contributed by atoms with E-state index in [1.807, 2.05) is 0 Å². The average Bonchev–Trinajstić information content (AvgIpc) is 2.51. The van der Waals surface area contributed by atoms with Crippen LogP contribution < -0.4 is 34.7 Å². The fourth-order valence-electron chi connectivity index (χ4n) is 1.54. The van der Waals surface area contributed by atoms with Crippen molar-refractivity contribution in [3.05, 3.63) is 0 Å². The Bertz CT molecular complexity index is 639. The molecule has 0 aliphatic heterocycles. The molecule has 194 valence electrons. The minimum Gasteiger partial charge on any atom is -0.793 e. The summed E-state index contributed by atoms with van der Waals surface area (Å²) in [5.41, 5.74) is 0. The van der Waals surface area contributed by atoms with Gasteiger partial charge in [0, 0.05) is 0 Å². The molecule has 33 heavy (non-hydrogen) atoms. The molecular formula is C10F21NaO. The standard InChI is InChI=1S/C10F21O.Na/c11-1(12,3(15,16)5(19,20)7(23,24)9(27,28)29)2(13,14)4(17,18)6(21,22)8(25,26)10(30,31)32;/q-1;+1. The van der Waals surface area contributed by atoms with Crippen molar-refractivity contribution in [3.8, 4) is 0 Å². The van der Waals surface area contributed by atoms with Crippen LogP contribution in [-0.4, -0.2) is 59.7 Å². The van der Waals surface area contributed by atoms with Gasteiger partial charge in [-0.3, -0.25) is 0 Å². The van der Waals surface area contributed by atoms with E-state index in [0.717, 1.165) is 0 Å². The fourth-order valence-corrected chi connectivity index (χ4v) is 1.54. The Morgan fingerprint density at radius 3 is 0.576 bits per heavy atom. The zero-order chi connectivity index (χ0) is 27.0. The summed E-state index contributed by atoms with van der Waals surface area (Å²) in [7, 11) is 0. The van der Waals surface area contributed by atoms with Gasteiger partial charge in [-0.05, 0) is 0 Å². The van der Waals surface area contributed by atoms with Crippen LogP contribution in [-0.2, 0) is 0 Å². The maximum Gasteiger partial charge on any atom is 1.00 e. The van der Waals surface area contributed by atoms with Crippen molar-refractivity contribution in [2.45, 2.75) is 59.7 Å². The van der Waals surface area contributed by atoms with Crippen molar-refractivity contribution in [3.63, 3.8) is 0 Å². The van der Waals surface area contributed by atoms with E-state index in [0.29, 0.717) is 0 Å². The van der Waals surface area contributed by atoms with Crippen LogP contribution in [0.1, 0.15) is 0 Å². The molecule has 1 nitrogen and oxygen atoms in total.